The quantitative estimate of drug-likeness (QED) is 0.768. The fourth-order valence-corrected chi connectivity index (χ4v) is 6.40. The molecule has 114 valence electrons. The topological polar surface area (TPSA) is 20.3 Å². The van der Waals surface area contributed by atoms with Gasteiger partial charge in [-0.25, -0.2) is 0 Å². The van der Waals surface area contributed by atoms with Gasteiger partial charge in [0, 0.05) is 0 Å². The molecule has 0 bridgehead atoms. The van der Waals surface area contributed by atoms with Crippen LogP contribution in [-0.2, 0) is 4.79 Å². The van der Waals surface area contributed by atoms with Crippen LogP contribution in [0.25, 0.3) is 0 Å². The number of hydrogen-bond donors (Lipinski definition) is 0. The summed E-state index contributed by atoms with van der Waals surface area (Å²) < 4.78 is 1.78. The zero-order valence-corrected chi connectivity index (χ0v) is 15.1. The number of benzene rings is 1. The molecule has 0 aromatic heterocycles. The molecule has 3 heteroatoms. The molecule has 0 radical (unpaired) electrons. The average molecular weight is 350 g/mol. The second kappa shape index (κ2) is 5.14. The van der Waals surface area contributed by atoms with E-state index in [-0.39, 0.29) is 5.41 Å². The molecule has 0 aliphatic carbocycles. The molecule has 0 spiro atoms. The van der Waals surface area contributed by atoms with Gasteiger partial charge in [0.25, 0.3) is 0 Å². The summed E-state index contributed by atoms with van der Waals surface area (Å²) in [5, 5.41) is 0. The molecule has 0 N–H and O–H groups in total. The monoisotopic (exact) mass is 351 g/mol. The van der Waals surface area contributed by atoms with Gasteiger partial charge in [-0.15, -0.1) is 0 Å². The van der Waals surface area contributed by atoms with Crippen LogP contribution in [0.4, 0.5) is 0 Å². The number of amides is 1. The third kappa shape index (κ3) is 2.78. The number of carbonyl (C=O) groups is 1. The van der Waals surface area contributed by atoms with E-state index in [1.807, 2.05) is 0 Å². The molecule has 2 aliphatic rings. The van der Waals surface area contributed by atoms with Gasteiger partial charge >= 0.3 is 134 Å². The summed E-state index contributed by atoms with van der Waals surface area (Å²) in [4.78, 5) is 14.6. The Morgan fingerprint density at radius 2 is 1.90 bits per heavy atom. The normalized spacial score (nSPS) is 28.0. The number of hydrogen-bond acceptors (Lipinski definition) is 1. The van der Waals surface area contributed by atoms with Crippen molar-refractivity contribution in [3.05, 3.63) is 30.3 Å². The Hall–Kier alpha value is -0.791. The van der Waals surface area contributed by atoms with Crippen molar-refractivity contribution in [2.75, 3.05) is 6.54 Å². The molecule has 2 atom stereocenters. The minimum absolute atomic E-state index is 0.135. The van der Waals surface area contributed by atoms with E-state index >= 15 is 0 Å². The van der Waals surface area contributed by atoms with Crippen LogP contribution in [0.1, 0.15) is 40.5 Å². The van der Waals surface area contributed by atoms with E-state index in [0.717, 1.165) is 13.0 Å². The summed E-state index contributed by atoms with van der Waals surface area (Å²) >= 11 is 0.456. The van der Waals surface area contributed by atoms with Gasteiger partial charge in [-0.3, -0.25) is 0 Å². The third-order valence-electron chi connectivity index (χ3n) is 5.11. The maximum atomic E-state index is 12.5. The van der Waals surface area contributed by atoms with Crippen LogP contribution in [0.15, 0.2) is 30.3 Å². The van der Waals surface area contributed by atoms with Crippen LogP contribution in [0.3, 0.4) is 0 Å². The van der Waals surface area contributed by atoms with Crippen molar-refractivity contribution in [1.82, 2.24) is 4.90 Å². The first-order valence-electron chi connectivity index (χ1n) is 7.85. The van der Waals surface area contributed by atoms with Crippen LogP contribution < -0.4 is 4.46 Å². The molecule has 1 aromatic rings. The summed E-state index contributed by atoms with van der Waals surface area (Å²) in [7, 11) is 0. The van der Waals surface area contributed by atoms with Crippen molar-refractivity contribution in [2.45, 2.75) is 50.9 Å². The van der Waals surface area contributed by atoms with Gasteiger partial charge in [-0.1, -0.05) is 0 Å². The third-order valence-corrected chi connectivity index (χ3v) is 7.98. The Labute approximate surface area is 134 Å². The van der Waals surface area contributed by atoms with E-state index in [1.54, 1.807) is 0 Å². The summed E-state index contributed by atoms with van der Waals surface area (Å²) in [5.74, 6) is 1.01. The molecule has 21 heavy (non-hydrogen) atoms. The van der Waals surface area contributed by atoms with Gasteiger partial charge < -0.3 is 0 Å². The first kappa shape index (κ1) is 15.1. The predicted octanol–water partition coefficient (Wildman–Crippen LogP) is 2.86. The van der Waals surface area contributed by atoms with E-state index in [1.165, 1.54) is 10.9 Å². The average Bonchev–Trinajstić information content (AvgIpc) is 2.90. The first-order chi connectivity index (χ1) is 9.79. The van der Waals surface area contributed by atoms with Crippen molar-refractivity contribution in [2.24, 2.45) is 11.3 Å². The maximum absolute atomic E-state index is 12.5. The van der Waals surface area contributed by atoms with E-state index in [2.05, 4.69) is 62.9 Å². The Morgan fingerprint density at radius 1 is 1.24 bits per heavy atom. The Bertz CT molecular complexity index is 537. The predicted molar refractivity (Wildman–Crippen MR) is 87.9 cm³/mol. The van der Waals surface area contributed by atoms with E-state index in [0.29, 0.717) is 37.1 Å². The fraction of sp³-hybridized carbons (Fsp3) is 0.611. The van der Waals surface area contributed by atoms with Crippen LogP contribution in [0.5, 0.6) is 0 Å². The van der Waals surface area contributed by atoms with E-state index in [4.69, 9.17) is 0 Å². The van der Waals surface area contributed by atoms with Gasteiger partial charge in [-0.05, 0) is 0 Å². The van der Waals surface area contributed by atoms with Crippen molar-refractivity contribution in [3.8, 4) is 0 Å². The number of carbonyl (C=O) groups excluding carboxylic acids is 1. The fourth-order valence-electron chi connectivity index (χ4n) is 3.80. The number of nitrogens with zero attached hydrogens (tertiary/aromatic N) is 1. The number of fused-ring (bicyclic) bond motifs is 1. The molecule has 2 nitrogen and oxygen atoms in total. The van der Waals surface area contributed by atoms with Gasteiger partial charge in [-0.2, -0.15) is 0 Å². The molecule has 2 unspecified atom stereocenters. The molecular formula is C18H25NOSe. The van der Waals surface area contributed by atoms with Crippen LogP contribution in [0, 0.1) is 11.3 Å². The molecule has 2 fully saturated rings. The zero-order chi connectivity index (χ0) is 15.3. The SMILES string of the molecule is CC1(C)CC2CC(C(C)(C)[Se]c3ccccc3)CN2C1=O. The summed E-state index contributed by atoms with van der Waals surface area (Å²) in [6.45, 7) is 9.95. The van der Waals surface area contributed by atoms with Crippen LogP contribution in [0.2, 0.25) is 4.31 Å². The second-order valence-corrected chi connectivity index (χ2v) is 11.3. The molecule has 0 saturated carbocycles. The molecule has 2 heterocycles. The van der Waals surface area contributed by atoms with Crippen molar-refractivity contribution in [3.63, 3.8) is 0 Å². The van der Waals surface area contributed by atoms with E-state index < -0.39 is 0 Å². The van der Waals surface area contributed by atoms with Crippen molar-refractivity contribution < 1.29 is 4.79 Å². The molecule has 1 aromatic carbocycles. The van der Waals surface area contributed by atoms with Crippen molar-refractivity contribution >= 4 is 25.3 Å². The molecular weight excluding hydrogens is 325 g/mol. The second-order valence-electron chi connectivity index (χ2n) is 7.65. The minimum atomic E-state index is -0.135. The zero-order valence-electron chi connectivity index (χ0n) is 13.4. The molecule has 1 amide bonds. The van der Waals surface area contributed by atoms with Crippen LogP contribution >= 0.6 is 0 Å². The van der Waals surface area contributed by atoms with Gasteiger partial charge in [0.1, 0.15) is 0 Å². The molecule has 2 aliphatic heterocycles. The number of rotatable bonds is 3. The Kier molecular flexibility index (Phi) is 3.70. The molecule has 3 rings (SSSR count). The summed E-state index contributed by atoms with van der Waals surface area (Å²) in [6.07, 6.45) is 2.23. The van der Waals surface area contributed by atoms with Crippen LogP contribution in [-0.4, -0.2) is 38.4 Å². The van der Waals surface area contributed by atoms with Gasteiger partial charge in [0.05, 0.1) is 0 Å². The Balaban J connectivity index is 1.71. The first-order valence-corrected chi connectivity index (χ1v) is 9.56. The van der Waals surface area contributed by atoms with Gasteiger partial charge in [0.15, 0.2) is 0 Å². The molecule has 2 saturated heterocycles. The van der Waals surface area contributed by atoms with Crippen molar-refractivity contribution in [1.29, 1.82) is 0 Å². The standard InChI is InChI=1S/C18H25NOSe/c1-17(2)11-14-10-13(12-19(14)16(17)20)18(3,4)21-15-8-6-5-7-9-15/h5-9,13-14H,10-12H2,1-4H3. The summed E-state index contributed by atoms with van der Waals surface area (Å²) in [5.41, 5.74) is -0.135. The van der Waals surface area contributed by atoms with Gasteiger partial charge in [0.2, 0.25) is 0 Å². The Morgan fingerprint density at radius 3 is 2.52 bits per heavy atom. The summed E-state index contributed by atoms with van der Waals surface area (Å²) in [6, 6.07) is 11.3. The van der Waals surface area contributed by atoms with E-state index in [9.17, 15) is 4.79 Å².